The fourth-order valence-corrected chi connectivity index (χ4v) is 2.23. The van der Waals surface area contributed by atoms with Crippen LogP contribution < -0.4 is 0 Å². The first-order chi connectivity index (χ1) is 11.6. The molecule has 1 N–H and O–H groups in total. The van der Waals surface area contributed by atoms with E-state index in [1.165, 1.54) is 7.11 Å². The average Bonchev–Trinajstić information content (AvgIpc) is 2.61. The van der Waals surface area contributed by atoms with Gasteiger partial charge in [0, 0.05) is 5.57 Å². The van der Waals surface area contributed by atoms with Gasteiger partial charge in [0.25, 0.3) is 0 Å². The molecule has 0 unspecified atom stereocenters. The predicted molar refractivity (Wildman–Crippen MR) is 93.1 cm³/mol. The van der Waals surface area contributed by atoms with Crippen molar-refractivity contribution in [2.24, 2.45) is 0 Å². The van der Waals surface area contributed by atoms with Gasteiger partial charge in [0.1, 0.15) is 0 Å². The number of carboxylic acids is 1. The van der Waals surface area contributed by atoms with Crippen molar-refractivity contribution in [2.45, 2.75) is 6.42 Å². The van der Waals surface area contributed by atoms with Crippen molar-refractivity contribution in [3.63, 3.8) is 0 Å². The van der Waals surface area contributed by atoms with Gasteiger partial charge in [-0.05, 0) is 28.9 Å². The fraction of sp³-hybridized carbons (Fsp3) is 0.100. The van der Waals surface area contributed by atoms with Crippen LogP contribution in [0.15, 0.2) is 72.3 Å². The first-order valence-electron chi connectivity index (χ1n) is 7.43. The third-order valence-corrected chi connectivity index (χ3v) is 3.35. The Morgan fingerprint density at radius 1 is 1.00 bits per heavy atom. The van der Waals surface area contributed by atoms with E-state index in [0.717, 1.165) is 16.7 Å². The quantitative estimate of drug-likeness (QED) is 0.380. The van der Waals surface area contributed by atoms with E-state index in [4.69, 9.17) is 9.84 Å². The van der Waals surface area contributed by atoms with Gasteiger partial charge in [-0.2, -0.15) is 0 Å². The normalized spacial score (nSPS) is 11.9. The molecule has 0 heterocycles. The van der Waals surface area contributed by atoms with Gasteiger partial charge in [0.15, 0.2) is 0 Å². The molecule has 2 rings (SSSR count). The molecule has 0 bridgehead atoms. The Kier molecular flexibility index (Phi) is 6.08. The van der Waals surface area contributed by atoms with E-state index in [2.05, 4.69) is 0 Å². The highest BCUT2D eigenvalue weighted by Crippen LogP contribution is 2.22. The van der Waals surface area contributed by atoms with E-state index in [1.54, 1.807) is 6.08 Å². The number of carboxylic acid groups (broad SMARTS) is 1. The van der Waals surface area contributed by atoms with Gasteiger partial charge in [0.2, 0.25) is 0 Å². The Morgan fingerprint density at radius 3 is 2.12 bits per heavy atom. The molecule has 0 radical (unpaired) electrons. The summed E-state index contributed by atoms with van der Waals surface area (Å²) in [6, 6.07) is 19.1. The zero-order valence-electron chi connectivity index (χ0n) is 13.3. The van der Waals surface area contributed by atoms with Crippen LogP contribution >= 0.6 is 0 Å². The van der Waals surface area contributed by atoms with Gasteiger partial charge < -0.3 is 9.84 Å². The zero-order valence-corrected chi connectivity index (χ0v) is 13.3. The summed E-state index contributed by atoms with van der Waals surface area (Å²) in [5.41, 5.74) is 2.67. The van der Waals surface area contributed by atoms with Crippen LogP contribution in [0.2, 0.25) is 0 Å². The van der Waals surface area contributed by atoms with Crippen molar-refractivity contribution < 1.29 is 19.4 Å². The summed E-state index contributed by atoms with van der Waals surface area (Å²) >= 11 is 0. The molecule has 0 amide bonds. The van der Waals surface area contributed by atoms with Crippen LogP contribution in [0.25, 0.3) is 11.6 Å². The minimum atomic E-state index is -1.08. The summed E-state index contributed by atoms with van der Waals surface area (Å²) in [4.78, 5) is 22.9. The summed E-state index contributed by atoms with van der Waals surface area (Å²) in [5.74, 6) is -1.73. The maximum absolute atomic E-state index is 11.9. The molecule has 4 heteroatoms. The summed E-state index contributed by atoms with van der Waals surface area (Å²) in [6.45, 7) is 0. The number of methoxy groups -OCH3 is 1. The van der Waals surface area contributed by atoms with Crippen LogP contribution in [-0.2, 0) is 14.3 Å². The molecule has 0 aromatic heterocycles. The van der Waals surface area contributed by atoms with Crippen molar-refractivity contribution in [3.8, 4) is 0 Å². The first kappa shape index (κ1) is 17.2. The van der Waals surface area contributed by atoms with Crippen LogP contribution in [0.1, 0.15) is 17.5 Å². The number of carbonyl (C=O) groups excluding carboxylic acids is 1. The highest BCUT2D eigenvalue weighted by atomic mass is 16.5. The van der Waals surface area contributed by atoms with Crippen LogP contribution in [0.4, 0.5) is 0 Å². The zero-order chi connectivity index (χ0) is 17.4. The maximum Gasteiger partial charge on any atom is 0.334 e. The number of carbonyl (C=O) groups is 2. The first-order valence-corrected chi connectivity index (χ1v) is 7.43. The van der Waals surface area contributed by atoms with Gasteiger partial charge >= 0.3 is 11.9 Å². The monoisotopic (exact) mass is 322 g/mol. The summed E-state index contributed by atoms with van der Waals surface area (Å²) in [5, 5.41) is 9.03. The third-order valence-electron chi connectivity index (χ3n) is 3.35. The number of aliphatic carboxylic acids is 1. The van der Waals surface area contributed by atoms with Crippen molar-refractivity contribution in [1.82, 2.24) is 0 Å². The molecule has 122 valence electrons. The third kappa shape index (κ3) is 4.95. The Bertz CT molecular complexity index is 759. The molecule has 0 spiro atoms. The van der Waals surface area contributed by atoms with E-state index in [0.29, 0.717) is 0 Å². The lowest BCUT2D eigenvalue weighted by atomic mass is 9.99. The molecule has 0 atom stereocenters. The van der Waals surface area contributed by atoms with Crippen LogP contribution in [0.5, 0.6) is 0 Å². The van der Waals surface area contributed by atoms with Crippen molar-refractivity contribution in [3.05, 3.63) is 83.4 Å². The van der Waals surface area contributed by atoms with Crippen LogP contribution in [0.3, 0.4) is 0 Å². The van der Waals surface area contributed by atoms with E-state index in [1.807, 2.05) is 66.7 Å². The largest absolute Gasteiger partial charge is 0.481 e. The van der Waals surface area contributed by atoms with Crippen LogP contribution in [-0.4, -0.2) is 24.2 Å². The molecule has 0 aliphatic carbocycles. The van der Waals surface area contributed by atoms with Crippen molar-refractivity contribution >= 4 is 23.6 Å². The minimum Gasteiger partial charge on any atom is -0.481 e. The Balaban J connectivity index is 2.52. The molecular formula is C20H18O4. The summed E-state index contributed by atoms with van der Waals surface area (Å²) in [7, 11) is 1.24. The number of hydrogen-bond acceptors (Lipinski definition) is 3. The maximum atomic E-state index is 11.9. The average molecular weight is 322 g/mol. The van der Waals surface area contributed by atoms with Crippen molar-refractivity contribution in [2.75, 3.05) is 7.11 Å². The molecule has 4 nitrogen and oxygen atoms in total. The Labute approximate surface area is 140 Å². The van der Waals surface area contributed by atoms with E-state index in [-0.39, 0.29) is 5.57 Å². The standard InChI is InChI=1S/C20H18O4/c1-24-20(23)18(14-19(21)22)13-17(16-10-6-3-7-11-16)12-15-8-4-2-5-9-15/h2-13H,14H2,1H3,(H,21,22)/b17-12-,18-13+. The summed E-state index contributed by atoms with van der Waals surface area (Å²) in [6.07, 6.45) is 3.08. The summed E-state index contributed by atoms with van der Waals surface area (Å²) < 4.78 is 4.70. The highest BCUT2D eigenvalue weighted by molar-refractivity contribution is 5.99. The van der Waals surface area contributed by atoms with Gasteiger partial charge in [-0.3, -0.25) is 4.79 Å². The van der Waals surface area contributed by atoms with E-state index < -0.39 is 18.4 Å². The van der Waals surface area contributed by atoms with Crippen LogP contribution in [0, 0.1) is 0 Å². The number of benzene rings is 2. The SMILES string of the molecule is COC(=O)/C(=C/C(=C/c1ccccc1)c1ccccc1)CC(=O)O. The minimum absolute atomic E-state index is 0.0936. The number of allylic oxidation sites excluding steroid dienone is 2. The van der Waals surface area contributed by atoms with Gasteiger partial charge in [0.05, 0.1) is 13.5 Å². The highest BCUT2D eigenvalue weighted by Gasteiger charge is 2.15. The van der Waals surface area contributed by atoms with Gasteiger partial charge in [-0.25, -0.2) is 4.79 Å². The predicted octanol–water partition coefficient (Wildman–Crippen LogP) is 3.80. The second-order valence-corrected chi connectivity index (χ2v) is 5.11. The van der Waals surface area contributed by atoms with Crippen molar-refractivity contribution in [1.29, 1.82) is 0 Å². The Morgan fingerprint density at radius 2 is 1.58 bits per heavy atom. The Hall–Kier alpha value is -3.14. The molecule has 0 aliphatic heterocycles. The topological polar surface area (TPSA) is 63.6 Å². The van der Waals surface area contributed by atoms with E-state index >= 15 is 0 Å². The number of rotatable bonds is 6. The van der Waals surface area contributed by atoms with E-state index in [9.17, 15) is 9.59 Å². The lowest BCUT2D eigenvalue weighted by Crippen LogP contribution is -2.09. The second-order valence-electron chi connectivity index (χ2n) is 5.11. The van der Waals surface area contributed by atoms with Gasteiger partial charge in [-0.15, -0.1) is 0 Å². The molecule has 24 heavy (non-hydrogen) atoms. The second kappa shape index (κ2) is 8.48. The molecule has 0 fully saturated rings. The molecule has 0 saturated heterocycles. The molecule has 2 aromatic carbocycles. The number of esters is 1. The fourth-order valence-electron chi connectivity index (χ4n) is 2.23. The smallest absolute Gasteiger partial charge is 0.334 e. The lowest BCUT2D eigenvalue weighted by Gasteiger charge is -2.07. The number of hydrogen-bond donors (Lipinski definition) is 1. The van der Waals surface area contributed by atoms with Gasteiger partial charge in [-0.1, -0.05) is 60.7 Å². The molecule has 0 aliphatic rings. The molecule has 0 saturated carbocycles. The molecular weight excluding hydrogens is 304 g/mol. The number of ether oxygens (including phenoxy) is 1. The lowest BCUT2D eigenvalue weighted by molar-refractivity contribution is -0.141. The molecule has 2 aromatic rings.